The first-order chi connectivity index (χ1) is 12.2. The molecule has 1 N–H and O–H groups in total. The van der Waals surface area contributed by atoms with E-state index in [4.69, 9.17) is 5.26 Å². The fraction of sp³-hybridized carbons (Fsp3) is 0.400. The third kappa shape index (κ3) is 4.36. The molecule has 130 valence electrons. The number of anilines is 1. The number of benzene rings is 1. The first-order valence-electron chi connectivity index (χ1n) is 8.71. The molecule has 3 rings (SSSR count). The van der Waals surface area contributed by atoms with E-state index in [1.165, 1.54) is 0 Å². The smallest absolute Gasteiger partial charge is 0.128 e. The van der Waals surface area contributed by atoms with Gasteiger partial charge in [0.1, 0.15) is 5.82 Å². The van der Waals surface area contributed by atoms with Crippen LogP contribution < -0.4 is 4.90 Å². The van der Waals surface area contributed by atoms with Crippen molar-refractivity contribution in [1.29, 1.82) is 5.26 Å². The number of likely N-dealkylation sites (N-methyl/N-ethyl adjacent to an activating group) is 1. The Morgan fingerprint density at radius 3 is 2.56 bits per heavy atom. The fourth-order valence-corrected chi connectivity index (χ4v) is 3.38. The summed E-state index contributed by atoms with van der Waals surface area (Å²) in [6.45, 7) is 2.57. The maximum absolute atomic E-state index is 10.5. The lowest BCUT2D eigenvalue weighted by atomic mass is 10.0. The van der Waals surface area contributed by atoms with E-state index in [-0.39, 0.29) is 0 Å². The lowest BCUT2D eigenvalue weighted by Crippen LogP contribution is -2.44. The number of hydrogen-bond donors (Lipinski definition) is 1. The topological polar surface area (TPSA) is 63.4 Å². The van der Waals surface area contributed by atoms with E-state index < -0.39 is 6.10 Å². The number of pyridine rings is 1. The van der Waals surface area contributed by atoms with Crippen LogP contribution in [0.5, 0.6) is 0 Å². The second-order valence-corrected chi connectivity index (χ2v) is 6.60. The minimum absolute atomic E-state index is 0.466. The summed E-state index contributed by atoms with van der Waals surface area (Å²) in [6.07, 6.45) is 3.42. The van der Waals surface area contributed by atoms with Crippen molar-refractivity contribution in [2.75, 3.05) is 31.6 Å². The molecule has 1 fully saturated rings. The van der Waals surface area contributed by atoms with Crippen molar-refractivity contribution < 1.29 is 5.11 Å². The molecule has 0 bridgehead atoms. The third-order valence-electron chi connectivity index (χ3n) is 4.95. The Morgan fingerprint density at radius 1 is 1.24 bits per heavy atom. The Kier molecular flexibility index (Phi) is 5.64. The van der Waals surface area contributed by atoms with Gasteiger partial charge >= 0.3 is 0 Å². The Morgan fingerprint density at radius 2 is 1.96 bits per heavy atom. The van der Waals surface area contributed by atoms with Crippen molar-refractivity contribution in [2.45, 2.75) is 25.0 Å². The predicted molar refractivity (Wildman–Crippen MR) is 98.2 cm³/mol. The Labute approximate surface area is 149 Å². The summed E-state index contributed by atoms with van der Waals surface area (Å²) in [5.74, 6) is 1.04. The van der Waals surface area contributed by atoms with Crippen molar-refractivity contribution in [3.8, 4) is 6.07 Å². The van der Waals surface area contributed by atoms with Gasteiger partial charge in [-0.1, -0.05) is 18.2 Å². The van der Waals surface area contributed by atoms with Crippen molar-refractivity contribution in [3.05, 3.63) is 59.8 Å². The molecule has 2 heterocycles. The normalized spacial score (nSPS) is 16.6. The Balaban J connectivity index is 1.52. The van der Waals surface area contributed by atoms with Crippen LogP contribution in [-0.4, -0.2) is 47.7 Å². The molecule has 1 atom stereocenters. The molecule has 5 heteroatoms. The quantitative estimate of drug-likeness (QED) is 0.909. The highest BCUT2D eigenvalue weighted by Crippen LogP contribution is 2.22. The molecule has 1 unspecified atom stereocenters. The Bertz CT molecular complexity index is 703. The zero-order chi connectivity index (χ0) is 17.6. The lowest BCUT2D eigenvalue weighted by Gasteiger charge is -2.38. The largest absolute Gasteiger partial charge is 0.387 e. The SMILES string of the molecule is CN(CC(O)c1ccc(C#N)cc1)C1CCN(c2ccccn2)CC1. The van der Waals surface area contributed by atoms with Crippen LogP contribution in [0.3, 0.4) is 0 Å². The summed E-state index contributed by atoms with van der Waals surface area (Å²) >= 11 is 0. The molecular weight excluding hydrogens is 312 g/mol. The number of rotatable bonds is 5. The molecule has 2 aromatic rings. The minimum atomic E-state index is -0.536. The zero-order valence-corrected chi connectivity index (χ0v) is 14.5. The first kappa shape index (κ1) is 17.4. The molecule has 1 aromatic heterocycles. The standard InChI is InChI=1S/C20H24N4O/c1-23(15-19(25)17-7-5-16(14-21)6-8-17)18-9-12-24(13-10-18)20-4-2-3-11-22-20/h2-8,11,18-19,25H,9-10,12-13,15H2,1H3. The van der Waals surface area contributed by atoms with Crippen LogP contribution in [0.2, 0.25) is 0 Å². The summed E-state index contributed by atoms with van der Waals surface area (Å²) in [5, 5.41) is 19.3. The van der Waals surface area contributed by atoms with Gasteiger partial charge in [0, 0.05) is 31.9 Å². The molecule has 1 aliphatic rings. The Hall–Kier alpha value is -2.42. The second-order valence-electron chi connectivity index (χ2n) is 6.60. The zero-order valence-electron chi connectivity index (χ0n) is 14.5. The minimum Gasteiger partial charge on any atom is -0.387 e. The summed E-state index contributed by atoms with van der Waals surface area (Å²) in [4.78, 5) is 8.99. The molecular formula is C20H24N4O. The van der Waals surface area contributed by atoms with Crippen LogP contribution in [0.25, 0.3) is 0 Å². The average molecular weight is 336 g/mol. The molecule has 1 saturated heterocycles. The fourth-order valence-electron chi connectivity index (χ4n) is 3.38. The molecule has 25 heavy (non-hydrogen) atoms. The monoisotopic (exact) mass is 336 g/mol. The molecule has 5 nitrogen and oxygen atoms in total. The van der Waals surface area contributed by atoms with E-state index in [1.807, 2.05) is 30.5 Å². The maximum atomic E-state index is 10.5. The van der Waals surface area contributed by atoms with Crippen molar-refractivity contribution in [3.63, 3.8) is 0 Å². The van der Waals surface area contributed by atoms with Crippen molar-refractivity contribution in [2.24, 2.45) is 0 Å². The summed E-state index contributed by atoms with van der Waals surface area (Å²) in [6, 6.07) is 15.8. The van der Waals surface area contributed by atoms with E-state index in [0.29, 0.717) is 18.2 Å². The summed E-state index contributed by atoms with van der Waals surface area (Å²) < 4.78 is 0. The molecule has 0 aliphatic carbocycles. The van der Waals surface area contributed by atoms with Crippen molar-refractivity contribution >= 4 is 5.82 Å². The van der Waals surface area contributed by atoms with Gasteiger partial charge in [0.25, 0.3) is 0 Å². The van der Waals surface area contributed by atoms with Gasteiger partial charge in [0.15, 0.2) is 0 Å². The molecule has 1 aromatic carbocycles. The molecule has 0 radical (unpaired) electrons. The van der Waals surface area contributed by atoms with Gasteiger partial charge in [0.2, 0.25) is 0 Å². The number of aliphatic hydroxyl groups excluding tert-OH is 1. The molecule has 0 saturated carbocycles. The highest BCUT2D eigenvalue weighted by Gasteiger charge is 2.24. The van der Waals surface area contributed by atoms with E-state index in [9.17, 15) is 5.11 Å². The van der Waals surface area contributed by atoms with E-state index in [1.54, 1.807) is 12.1 Å². The molecule has 0 amide bonds. The highest BCUT2D eigenvalue weighted by molar-refractivity contribution is 5.38. The maximum Gasteiger partial charge on any atom is 0.128 e. The van der Waals surface area contributed by atoms with Crippen LogP contribution in [0, 0.1) is 11.3 Å². The van der Waals surface area contributed by atoms with Crippen LogP contribution in [0.4, 0.5) is 5.82 Å². The van der Waals surface area contributed by atoms with Crippen LogP contribution >= 0.6 is 0 Å². The number of nitrogens with zero attached hydrogens (tertiary/aromatic N) is 4. The van der Waals surface area contributed by atoms with Gasteiger partial charge in [-0.3, -0.25) is 0 Å². The molecule has 1 aliphatic heterocycles. The second kappa shape index (κ2) is 8.11. The lowest BCUT2D eigenvalue weighted by molar-refractivity contribution is 0.0959. The van der Waals surface area contributed by atoms with Gasteiger partial charge in [0.05, 0.1) is 17.7 Å². The van der Waals surface area contributed by atoms with E-state index in [2.05, 4.69) is 34.0 Å². The number of nitriles is 1. The first-order valence-corrected chi connectivity index (χ1v) is 8.71. The number of aliphatic hydroxyl groups is 1. The average Bonchev–Trinajstić information content (AvgIpc) is 2.68. The predicted octanol–water partition coefficient (Wildman–Crippen LogP) is 2.59. The highest BCUT2D eigenvalue weighted by atomic mass is 16.3. The number of piperidine rings is 1. The van der Waals surface area contributed by atoms with Gasteiger partial charge in [-0.25, -0.2) is 4.98 Å². The number of aromatic nitrogens is 1. The van der Waals surface area contributed by atoms with Crippen LogP contribution in [0.15, 0.2) is 48.7 Å². The van der Waals surface area contributed by atoms with Gasteiger partial charge in [-0.2, -0.15) is 5.26 Å². The van der Waals surface area contributed by atoms with E-state index in [0.717, 1.165) is 37.3 Å². The van der Waals surface area contributed by atoms with Crippen LogP contribution in [0.1, 0.15) is 30.1 Å². The van der Waals surface area contributed by atoms with Crippen LogP contribution in [-0.2, 0) is 0 Å². The van der Waals surface area contributed by atoms with Gasteiger partial charge < -0.3 is 14.9 Å². The summed E-state index contributed by atoms with van der Waals surface area (Å²) in [5.41, 5.74) is 1.47. The summed E-state index contributed by atoms with van der Waals surface area (Å²) in [7, 11) is 2.08. The third-order valence-corrected chi connectivity index (χ3v) is 4.95. The van der Waals surface area contributed by atoms with Crippen molar-refractivity contribution in [1.82, 2.24) is 9.88 Å². The van der Waals surface area contributed by atoms with Gasteiger partial charge in [-0.05, 0) is 49.7 Å². The molecule has 0 spiro atoms. The van der Waals surface area contributed by atoms with E-state index >= 15 is 0 Å². The number of hydrogen-bond acceptors (Lipinski definition) is 5. The van der Waals surface area contributed by atoms with Gasteiger partial charge in [-0.15, -0.1) is 0 Å².